The maximum atomic E-state index is 9.14. The maximum absolute atomic E-state index is 9.14. The van der Waals surface area contributed by atoms with Gasteiger partial charge in [0.1, 0.15) is 11.5 Å². The minimum atomic E-state index is 0.205. The summed E-state index contributed by atoms with van der Waals surface area (Å²) in [4.78, 5) is 0. The lowest BCUT2D eigenvalue weighted by Crippen LogP contribution is -1.88. The molecule has 0 aromatic heterocycles. The first kappa shape index (κ1) is 8.65. The van der Waals surface area contributed by atoms with E-state index in [4.69, 9.17) is 9.84 Å². The van der Waals surface area contributed by atoms with Gasteiger partial charge in [0, 0.05) is 11.6 Å². The predicted octanol–water partition coefficient (Wildman–Crippen LogP) is 2.43. The Bertz CT molecular complexity index is 303. The third-order valence-corrected chi connectivity index (χ3v) is 1.64. The van der Waals surface area contributed by atoms with Crippen LogP contribution in [0.1, 0.15) is 12.5 Å². The van der Waals surface area contributed by atoms with Crippen LogP contribution in [-0.2, 0) is 0 Å². The van der Waals surface area contributed by atoms with Crippen LogP contribution in [0.25, 0.3) is 5.57 Å². The molecule has 0 aliphatic rings. The highest BCUT2D eigenvalue weighted by Crippen LogP contribution is 2.28. The van der Waals surface area contributed by atoms with Gasteiger partial charge < -0.3 is 9.84 Å². The minimum Gasteiger partial charge on any atom is -0.508 e. The monoisotopic (exact) mass is 164 g/mol. The fourth-order valence-electron chi connectivity index (χ4n) is 1.03. The molecule has 0 aliphatic carbocycles. The zero-order chi connectivity index (χ0) is 9.14. The molecule has 0 saturated heterocycles. The van der Waals surface area contributed by atoms with Crippen molar-refractivity contribution in [3.8, 4) is 11.5 Å². The molecule has 0 fully saturated rings. The van der Waals surface area contributed by atoms with Crippen LogP contribution in [0.2, 0.25) is 0 Å². The number of allylic oxidation sites excluding steroid dienone is 1. The van der Waals surface area contributed by atoms with E-state index in [2.05, 4.69) is 6.58 Å². The molecular formula is C10H12O2. The molecule has 64 valence electrons. The van der Waals surface area contributed by atoms with E-state index in [9.17, 15) is 0 Å². The second-order valence-corrected chi connectivity index (χ2v) is 2.66. The van der Waals surface area contributed by atoms with Gasteiger partial charge >= 0.3 is 0 Å². The zero-order valence-electron chi connectivity index (χ0n) is 7.29. The first-order valence-corrected chi connectivity index (χ1v) is 3.68. The Hall–Kier alpha value is -1.44. The molecule has 0 unspecified atom stereocenters. The number of hydrogen-bond acceptors (Lipinski definition) is 2. The van der Waals surface area contributed by atoms with E-state index < -0.39 is 0 Å². The summed E-state index contributed by atoms with van der Waals surface area (Å²) in [6, 6.07) is 4.98. The zero-order valence-corrected chi connectivity index (χ0v) is 7.29. The lowest BCUT2D eigenvalue weighted by Gasteiger charge is -2.07. The van der Waals surface area contributed by atoms with Gasteiger partial charge in [0.25, 0.3) is 0 Å². The van der Waals surface area contributed by atoms with E-state index in [1.807, 2.05) is 6.92 Å². The van der Waals surface area contributed by atoms with Gasteiger partial charge in [0.15, 0.2) is 0 Å². The molecular weight excluding hydrogens is 152 g/mol. The topological polar surface area (TPSA) is 29.5 Å². The fourth-order valence-corrected chi connectivity index (χ4v) is 1.03. The molecule has 12 heavy (non-hydrogen) atoms. The summed E-state index contributed by atoms with van der Waals surface area (Å²) in [6.07, 6.45) is 0. The van der Waals surface area contributed by atoms with Gasteiger partial charge in [-0.25, -0.2) is 0 Å². The Morgan fingerprint density at radius 3 is 2.67 bits per heavy atom. The summed E-state index contributed by atoms with van der Waals surface area (Å²) in [5.74, 6) is 0.861. The number of methoxy groups -OCH3 is 1. The summed E-state index contributed by atoms with van der Waals surface area (Å²) in [7, 11) is 1.57. The second-order valence-electron chi connectivity index (χ2n) is 2.66. The van der Waals surface area contributed by atoms with Crippen LogP contribution >= 0.6 is 0 Å². The van der Waals surface area contributed by atoms with Gasteiger partial charge in [-0.1, -0.05) is 6.58 Å². The van der Waals surface area contributed by atoms with Gasteiger partial charge in [-0.3, -0.25) is 0 Å². The number of phenolic OH excluding ortho intramolecular Hbond substituents is 1. The smallest absolute Gasteiger partial charge is 0.130 e. The molecule has 0 bridgehead atoms. The first-order valence-electron chi connectivity index (χ1n) is 3.68. The van der Waals surface area contributed by atoms with Crippen molar-refractivity contribution in [3.63, 3.8) is 0 Å². The first-order chi connectivity index (χ1) is 5.65. The van der Waals surface area contributed by atoms with Crippen LogP contribution in [0.3, 0.4) is 0 Å². The number of hydrogen-bond donors (Lipinski definition) is 1. The van der Waals surface area contributed by atoms with E-state index in [-0.39, 0.29) is 5.75 Å². The number of benzene rings is 1. The number of aromatic hydroxyl groups is 1. The molecule has 1 rings (SSSR count). The second kappa shape index (κ2) is 3.30. The molecule has 0 heterocycles. The average Bonchev–Trinajstić information content (AvgIpc) is 2.03. The lowest BCUT2D eigenvalue weighted by molar-refractivity contribution is 0.406. The van der Waals surface area contributed by atoms with E-state index in [1.54, 1.807) is 25.3 Å². The molecule has 0 amide bonds. The van der Waals surface area contributed by atoms with Crippen LogP contribution in [0.5, 0.6) is 11.5 Å². The third kappa shape index (κ3) is 1.59. The lowest BCUT2D eigenvalue weighted by atomic mass is 10.1. The normalized spacial score (nSPS) is 9.50. The third-order valence-electron chi connectivity index (χ3n) is 1.64. The number of rotatable bonds is 2. The minimum absolute atomic E-state index is 0.205. The highest BCUT2D eigenvalue weighted by molar-refractivity contribution is 5.68. The van der Waals surface area contributed by atoms with Crippen molar-refractivity contribution in [3.05, 3.63) is 30.3 Å². The van der Waals surface area contributed by atoms with Gasteiger partial charge in [0.2, 0.25) is 0 Å². The number of phenols is 1. The van der Waals surface area contributed by atoms with Crippen molar-refractivity contribution in [1.82, 2.24) is 0 Å². The molecule has 1 aromatic rings. The van der Waals surface area contributed by atoms with Gasteiger partial charge in [-0.2, -0.15) is 0 Å². The number of ether oxygens (including phenoxy) is 1. The SMILES string of the molecule is C=C(C)c1ccc(O)cc1OC. The van der Waals surface area contributed by atoms with Gasteiger partial charge in [-0.15, -0.1) is 0 Å². The van der Waals surface area contributed by atoms with Crippen molar-refractivity contribution in [1.29, 1.82) is 0 Å². The molecule has 0 atom stereocenters. The Labute approximate surface area is 72.1 Å². The van der Waals surface area contributed by atoms with Crippen LogP contribution < -0.4 is 4.74 Å². The fraction of sp³-hybridized carbons (Fsp3) is 0.200. The van der Waals surface area contributed by atoms with Crippen molar-refractivity contribution in [2.45, 2.75) is 6.92 Å². The maximum Gasteiger partial charge on any atom is 0.130 e. The Morgan fingerprint density at radius 2 is 2.17 bits per heavy atom. The Morgan fingerprint density at radius 1 is 1.50 bits per heavy atom. The predicted molar refractivity (Wildman–Crippen MR) is 49.4 cm³/mol. The molecule has 0 aliphatic heterocycles. The van der Waals surface area contributed by atoms with Crippen molar-refractivity contribution in [2.75, 3.05) is 7.11 Å². The standard InChI is InChI=1S/C10H12O2/c1-7(2)9-5-4-8(11)6-10(9)12-3/h4-6,11H,1H2,2-3H3. The van der Waals surface area contributed by atoms with Crippen LogP contribution in [-0.4, -0.2) is 12.2 Å². The summed E-state index contributed by atoms with van der Waals surface area (Å²) in [6.45, 7) is 5.70. The van der Waals surface area contributed by atoms with Crippen LogP contribution in [0.15, 0.2) is 24.8 Å². The molecule has 2 heteroatoms. The van der Waals surface area contributed by atoms with Gasteiger partial charge in [0.05, 0.1) is 7.11 Å². The van der Waals surface area contributed by atoms with E-state index in [0.717, 1.165) is 11.1 Å². The Balaban J connectivity index is 3.20. The highest BCUT2D eigenvalue weighted by atomic mass is 16.5. The molecule has 1 aromatic carbocycles. The molecule has 1 N–H and O–H groups in total. The average molecular weight is 164 g/mol. The van der Waals surface area contributed by atoms with E-state index in [0.29, 0.717) is 5.75 Å². The van der Waals surface area contributed by atoms with Crippen molar-refractivity contribution in [2.24, 2.45) is 0 Å². The molecule has 2 nitrogen and oxygen atoms in total. The molecule has 0 radical (unpaired) electrons. The summed E-state index contributed by atoms with van der Waals surface area (Å²) < 4.78 is 5.07. The Kier molecular flexibility index (Phi) is 2.38. The summed E-state index contributed by atoms with van der Waals surface area (Å²) >= 11 is 0. The summed E-state index contributed by atoms with van der Waals surface area (Å²) in [5.41, 5.74) is 1.85. The van der Waals surface area contributed by atoms with E-state index >= 15 is 0 Å². The quantitative estimate of drug-likeness (QED) is 0.727. The van der Waals surface area contributed by atoms with Crippen molar-refractivity contribution < 1.29 is 9.84 Å². The largest absolute Gasteiger partial charge is 0.508 e. The van der Waals surface area contributed by atoms with E-state index in [1.165, 1.54) is 0 Å². The van der Waals surface area contributed by atoms with Crippen molar-refractivity contribution >= 4 is 5.57 Å². The highest BCUT2D eigenvalue weighted by Gasteiger charge is 2.03. The summed E-state index contributed by atoms with van der Waals surface area (Å²) in [5, 5.41) is 9.14. The van der Waals surface area contributed by atoms with Crippen LogP contribution in [0, 0.1) is 0 Å². The molecule has 0 spiro atoms. The molecule has 0 saturated carbocycles. The van der Waals surface area contributed by atoms with Gasteiger partial charge in [-0.05, 0) is 24.6 Å². The van der Waals surface area contributed by atoms with Crippen LogP contribution in [0.4, 0.5) is 0 Å².